The van der Waals surface area contributed by atoms with E-state index in [0.29, 0.717) is 11.3 Å². The fourth-order valence-corrected chi connectivity index (χ4v) is 5.53. The van der Waals surface area contributed by atoms with Gasteiger partial charge in [0, 0.05) is 18.4 Å². The summed E-state index contributed by atoms with van der Waals surface area (Å²) in [6.07, 6.45) is 0.594. The number of ether oxygens (including phenoxy) is 3. The molecule has 1 heterocycles. The van der Waals surface area contributed by atoms with Gasteiger partial charge in [-0.25, -0.2) is 0 Å². The van der Waals surface area contributed by atoms with Gasteiger partial charge >= 0.3 is 17.9 Å². The van der Waals surface area contributed by atoms with Gasteiger partial charge < -0.3 is 14.2 Å². The molecule has 7 nitrogen and oxygen atoms in total. The topological polar surface area (TPSA) is 96.0 Å². The van der Waals surface area contributed by atoms with Crippen LogP contribution in [0.25, 0.3) is 0 Å². The first kappa shape index (κ1) is 18.2. The summed E-state index contributed by atoms with van der Waals surface area (Å²) in [5.41, 5.74) is 0.338. The zero-order chi connectivity index (χ0) is 19.3. The highest BCUT2D eigenvalue weighted by atomic mass is 79.9. The number of alkyl halides is 1. The van der Waals surface area contributed by atoms with Crippen molar-refractivity contribution >= 4 is 39.6 Å². The maximum Gasteiger partial charge on any atom is 0.310 e. The molecule has 1 aromatic carbocycles. The normalized spacial score (nSPS) is 32.9. The first-order valence-corrected chi connectivity index (χ1v) is 9.61. The number of fused-ring (bicyclic) bond motifs is 1. The van der Waals surface area contributed by atoms with Crippen LogP contribution >= 0.6 is 15.9 Å². The van der Waals surface area contributed by atoms with Gasteiger partial charge in [-0.2, -0.15) is 0 Å². The first-order valence-electron chi connectivity index (χ1n) is 8.69. The molecule has 4 rings (SSSR count). The quantitative estimate of drug-likeness (QED) is 0.301. The van der Waals surface area contributed by atoms with Gasteiger partial charge in [0.1, 0.15) is 11.9 Å². The minimum Gasteiger partial charge on any atom is -0.461 e. The number of carbonyl (C=O) groups excluding carboxylic acids is 4. The van der Waals surface area contributed by atoms with Crippen molar-refractivity contribution in [3.63, 3.8) is 0 Å². The Morgan fingerprint density at radius 3 is 2.56 bits per heavy atom. The number of ketones is 1. The molecular formula is C19H17BrO7. The van der Waals surface area contributed by atoms with Crippen molar-refractivity contribution < 1.29 is 33.4 Å². The second kappa shape index (κ2) is 6.74. The molecule has 3 aliphatic rings. The number of hydrogen-bond acceptors (Lipinski definition) is 7. The summed E-state index contributed by atoms with van der Waals surface area (Å²) in [7, 11) is 0. The molecule has 0 radical (unpaired) electrons. The Morgan fingerprint density at radius 2 is 1.89 bits per heavy atom. The molecule has 0 amide bonds. The van der Waals surface area contributed by atoms with E-state index in [1.807, 2.05) is 0 Å². The minimum atomic E-state index is -0.565. The predicted molar refractivity (Wildman–Crippen MR) is 94.2 cm³/mol. The zero-order valence-electron chi connectivity index (χ0n) is 14.4. The van der Waals surface area contributed by atoms with E-state index in [0.717, 1.165) is 6.42 Å². The Labute approximate surface area is 163 Å². The van der Waals surface area contributed by atoms with E-state index in [1.54, 1.807) is 0 Å². The van der Waals surface area contributed by atoms with Crippen LogP contribution in [0.15, 0.2) is 24.3 Å². The van der Waals surface area contributed by atoms with Gasteiger partial charge in [-0.3, -0.25) is 19.2 Å². The van der Waals surface area contributed by atoms with Gasteiger partial charge in [-0.1, -0.05) is 15.9 Å². The van der Waals surface area contributed by atoms with Gasteiger partial charge in [-0.15, -0.1) is 0 Å². The Morgan fingerprint density at radius 1 is 1.19 bits per heavy atom. The van der Waals surface area contributed by atoms with Crippen LogP contribution in [0, 0.1) is 23.7 Å². The van der Waals surface area contributed by atoms with E-state index in [4.69, 9.17) is 14.2 Å². The summed E-state index contributed by atoms with van der Waals surface area (Å²) in [4.78, 5) is 47.8. The Hall–Kier alpha value is -2.22. The van der Waals surface area contributed by atoms with Crippen molar-refractivity contribution in [2.75, 3.05) is 6.61 Å². The third-order valence-corrected chi connectivity index (χ3v) is 6.78. The summed E-state index contributed by atoms with van der Waals surface area (Å²) < 4.78 is 15.5. The smallest absolute Gasteiger partial charge is 0.310 e. The third-order valence-electron chi connectivity index (χ3n) is 5.58. The summed E-state index contributed by atoms with van der Waals surface area (Å²) in [5, 5.41) is 0. The lowest BCUT2D eigenvalue weighted by Gasteiger charge is -2.26. The number of halogens is 1. The third kappa shape index (κ3) is 3.05. The molecule has 8 heteroatoms. The van der Waals surface area contributed by atoms with Crippen molar-refractivity contribution in [2.24, 2.45) is 23.7 Å². The van der Waals surface area contributed by atoms with Gasteiger partial charge in [-0.05, 0) is 36.6 Å². The van der Waals surface area contributed by atoms with Gasteiger partial charge in [0.05, 0.1) is 16.7 Å². The summed E-state index contributed by atoms with van der Waals surface area (Å²) in [6.45, 7) is 0.881. The highest BCUT2D eigenvalue weighted by Gasteiger charge is 2.68. The van der Waals surface area contributed by atoms with Gasteiger partial charge in [0.2, 0.25) is 0 Å². The van der Waals surface area contributed by atoms with Crippen LogP contribution < -0.4 is 4.74 Å². The summed E-state index contributed by atoms with van der Waals surface area (Å²) >= 11 is 3.54. The molecule has 0 aromatic heterocycles. The molecule has 142 valence electrons. The predicted octanol–water partition coefficient (Wildman–Crippen LogP) is 1.91. The Bertz CT molecular complexity index is 818. The lowest BCUT2D eigenvalue weighted by molar-refractivity contribution is -0.154. The molecule has 2 aliphatic carbocycles. The fraction of sp³-hybridized carbons (Fsp3) is 0.474. The highest BCUT2D eigenvalue weighted by Crippen LogP contribution is 2.60. The molecule has 27 heavy (non-hydrogen) atoms. The number of Topliss-reactive ketones (excluding diaryl/α,β-unsaturated/α-hetero) is 1. The van der Waals surface area contributed by atoms with Crippen LogP contribution in [0.2, 0.25) is 0 Å². The maximum absolute atomic E-state index is 12.6. The summed E-state index contributed by atoms with van der Waals surface area (Å²) in [5.74, 6) is -2.35. The molecular weight excluding hydrogens is 420 g/mol. The average molecular weight is 437 g/mol. The van der Waals surface area contributed by atoms with E-state index < -0.39 is 30.4 Å². The minimum absolute atomic E-state index is 0.0120. The fourth-order valence-electron chi connectivity index (χ4n) is 4.49. The van der Waals surface area contributed by atoms with E-state index >= 15 is 0 Å². The number of esters is 3. The van der Waals surface area contributed by atoms with Gasteiger partial charge in [0.25, 0.3) is 0 Å². The van der Waals surface area contributed by atoms with Crippen molar-refractivity contribution in [3.05, 3.63) is 29.8 Å². The number of hydrogen-bond donors (Lipinski definition) is 0. The maximum atomic E-state index is 12.6. The van der Waals surface area contributed by atoms with Crippen LogP contribution in [-0.2, 0) is 23.9 Å². The molecule has 1 aliphatic heterocycles. The first-order chi connectivity index (χ1) is 12.9. The SMILES string of the molecule is CC(=O)Oc1ccc(C(=O)COC(=O)[C@@H]2[C@H]3C[C@H]4[C@H](OC(=O)[C@@H]42)[C@H]3Br)cc1. The van der Waals surface area contributed by atoms with E-state index in [-0.39, 0.29) is 34.5 Å². The lowest BCUT2D eigenvalue weighted by Crippen LogP contribution is -2.39. The van der Waals surface area contributed by atoms with Gasteiger partial charge in [0.15, 0.2) is 12.4 Å². The monoisotopic (exact) mass is 436 g/mol. The van der Waals surface area contributed by atoms with Crippen molar-refractivity contribution in [1.82, 2.24) is 0 Å². The number of carbonyl (C=O) groups is 4. The molecule has 0 spiro atoms. The van der Waals surface area contributed by atoms with Crippen LogP contribution in [-0.4, -0.2) is 41.2 Å². The average Bonchev–Trinajstić information content (AvgIpc) is 3.23. The zero-order valence-corrected chi connectivity index (χ0v) is 16.0. The molecule has 1 aromatic rings. The second-order valence-electron chi connectivity index (χ2n) is 7.11. The van der Waals surface area contributed by atoms with E-state index in [2.05, 4.69) is 15.9 Å². The van der Waals surface area contributed by atoms with Crippen molar-refractivity contribution in [1.29, 1.82) is 0 Å². The molecule has 2 saturated carbocycles. The second-order valence-corrected chi connectivity index (χ2v) is 8.17. The Balaban J connectivity index is 1.37. The van der Waals surface area contributed by atoms with Crippen LogP contribution in [0.5, 0.6) is 5.75 Å². The molecule has 1 saturated heterocycles. The molecule has 0 unspecified atom stereocenters. The number of rotatable bonds is 5. The Kier molecular flexibility index (Phi) is 4.53. The summed E-state index contributed by atoms with van der Waals surface area (Å²) in [6, 6.07) is 5.99. The van der Waals surface area contributed by atoms with Crippen molar-refractivity contribution in [2.45, 2.75) is 24.3 Å². The van der Waals surface area contributed by atoms with Crippen LogP contribution in [0.3, 0.4) is 0 Å². The van der Waals surface area contributed by atoms with Crippen LogP contribution in [0.1, 0.15) is 23.7 Å². The molecule has 0 N–H and O–H groups in total. The standard InChI is InChI=1S/C19H17BrO7/c1-8(21)26-10-4-2-9(3-5-10)13(22)7-25-18(23)14-11-6-12-15(14)19(24)27-17(12)16(11)20/h2-5,11-12,14-17H,6-7H2,1H3/t11-,12-,14-,15+,16+,17+/m1/s1. The molecule has 6 atom stereocenters. The largest absolute Gasteiger partial charge is 0.461 e. The van der Waals surface area contributed by atoms with Crippen LogP contribution in [0.4, 0.5) is 0 Å². The lowest BCUT2D eigenvalue weighted by atomic mass is 9.80. The number of benzene rings is 1. The molecule has 2 bridgehead atoms. The highest BCUT2D eigenvalue weighted by molar-refractivity contribution is 9.09. The van der Waals surface area contributed by atoms with Crippen molar-refractivity contribution in [3.8, 4) is 5.75 Å². The van der Waals surface area contributed by atoms with E-state index in [9.17, 15) is 19.2 Å². The molecule has 3 fully saturated rings. The van der Waals surface area contributed by atoms with E-state index in [1.165, 1.54) is 31.2 Å².